The van der Waals surface area contributed by atoms with Gasteiger partial charge in [-0.25, -0.2) is 9.67 Å². The van der Waals surface area contributed by atoms with E-state index in [1.807, 2.05) is 13.2 Å². The van der Waals surface area contributed by atoms with Crippen molar-refractivity contribution >= 4 is 17.3 Å². The molecule has 2 rings (SSSR count). The normalized spacial score (nSPS) is 10.1. The van der Waals surface area contributed by atoms with Crippen molar-refractivity contribution in [1.82, 2.24) is 14.8 Å². The molecule has 0 fully saturated rings. The highest BCUT2D eigenvalue weighted by molar-refractivity contribution is 6.32. The lowest BCUT2D eigenvalue weighted by Crippen LogP contribution is -1.97. The Hall–Kier alpha value is -1.55. The summed E-state index contributed by atoms with van der Waals surface area (Å²) < 4.78 is 1.63. The zero-order chi connectivity index (χ0) is 9.97. The highest BCUT2D eigenvalue weighted by atomic mass is 35.5. The highest BCUT2D eigenvalue weighted by Crippen LogP contribution is 2.17. The third kappa shape index (κ3) is 1.56. The third-order valence-corrected chi connectivity index (χ3v) is 2.12. The summed E-state index contributed by atoms with van der Waals surface area (Å²) in [7, 11) is 1.83. The van der Waals surface area contributed by atoms with Crippen molar-refractivity contribution in [3.8, 4) is 5.82 Å². The molecule has 2 heterocycles. The average molecular weight is 209 g/mol. The van der Waals surface area contributed by atoms with Crippen LogP contribution >= 0.6 is 11.6 Å². The van der Waals surface area contributed by atoms with Crippen LogP contribution in [-0.2, 0) is 0 Å². The van der Waals surface area contributed by atoms with E-state index in [0.717, 1.165) is 5.69 Å². The maximum atomic E-state index is 5.97. The van der Waals surface area contributed by atoms with E-state index >= 15 is 0 Å². The first-order chi connectivity index (χ1) is 6.81. The maximum Gasteiger partial charge on any atom is 0.172 e. The minimum Gasteiger partial charge on any atom is -0.386 e. The van der Waals surface area contributed by atoms with Gasteiger partial charge >= 0.3 is 0 Å². The number of pyridine rings is 1. The Morgan fingerprint density at radius 2 is 2.36 bits per heavy atom. The molecule has 0 atom stereocenters. The molecular weight excluding hydrogens is 200 g/mol. The Kier molecular flexibility index (Phi) is 2.37. The lowest BCUT2D eigenvalue weighted by Gasteiger charge is -2.00. The first-order valence-electron chi connectivity index (χ1n) is 4.14. The lowest BCUT2D eigenvalue weighted by molar-refractivity contribution is 0.847. The molecular formula is C9H9ClN4. The summed E-state index contributed by atoms with van der Waals surface area (Å²) in [5, 5.41) is 7.69. The fourth-order valence-electron chi connectivity index (χ4n) is 1.11. The molecule has 2 aromatic heterocycles. The number of aromatic nitrogens is 3. The second-order valence-electron chi connectivity index (χ2n) is 2.73. The molecule has 0 amide bonds. The van der Waals surface area contributed by atoms with Gasteiger partial charge in [0.05, 0.1) is 23.1 Å². The van der Waals surface area contributed by atoms with Gasteiger partial charge in [-0.05, 0) is 12.1 Å². The lowest BCUT2D eigenvalue weighted by atomic mass is 10.4. The molecule has 5 heteroatoms. The number of anilines is 1. The van der Waals surface area contributed by atoms with E-state index in [9.17, 15) is 0 Å². The van der Waals surface area contributed by atoms with Crippen LogP contribution in [0.25, 0.3) is 5.82 Å². The molecule has 0 radical (unpaired) electrons. The van der Waals surface area contributed by atoms with Crippen LogP contribution in [0, 0.1) is 0 Å². The number of hydrogen-bond donors (Lipinski definition) is 1. The third-order valence-electron chi connectivity index (χ3n) is 1.83. The fourth-order valence-corrected chi connectivity index (χ4v) is 1.32. The monoisotopic (exact) mass is 208 g/mol. The molecule has 0 aliphatic rings. The van der Waals surface area contributed by atoms with Gasteiger partial charge in [-0.2, -0.15) is 5.10 Å². The van der Waals surface area contributed by atoms with Crippen molar-refractivity contribution in [1.29, 1.82) is 0 Å². The maximum absolute atomic E-state index is 5.97. The van der Waals surface area contributed by atoms with Crippen LogP contribution in [0.3, 0.4) is 0 Å². The summed E-state index contributed by atoms with van der Waals surface area (Å²) in [6.07, 6.45) is 5.22. The van der Waals surface area contributed by atoms with Crippen molar-refractivity contribution in [2.24, 2.45) is 0 Å². The Morgan fingerprint density at radius 3 is 3.00 bits per heavy atom. The summed E-state index contributed by atoms with van der Waals surface area (Å²) in [6.45, 7) is 0. The Morgan fingerprint density at radius 1 is 1.50 bits per heavy atom. The number of nitrogens with zero attached hydrogens (tertiary/aromatic N) is 3. The predicted octanol–water partition coefficient (Wildman–Crippen LogP) is 1.96. The molecule has 0 spiro atoms. The molecule has 2 aromatic rings. The van der Waals surface area contributed by atoms with E-state index < -0.39 is 0 Å². The van der Waals surface area contributed by atoms with E-state index in [1.165, 1.54) is 0 Å². The quantitative estimate of drug-likeness (QED) is 0.821. The number of hydrogen-bond acceptors (Lipinski definition) is 3. The molecule has 0 unspecified atom stereocenters. The van der Waals surface area contributed by atoms with Gasteiger partial charge in [-0.1, -0.05) is 11.6 Å². The van der Waals surface area contributed by atoms with Crippen molar-refractivity contribution < 1.29 is 0 Å². The van der Waals surface area contributed by atoms with Gasteiger partial charge in [0.2, 0.25) is 0 Å². The molecule has 0 saturated heterocycles. The van der Waals surface area contributed by atoms with Gasteiger partial charge in [-0.15, -0.1) is 0 Å². The van der Waals surface area contributed by atoms with Crippen molar-refractivity contribution in [2.45, 2.75) is 0 Å². The Balaban J connectivity index is 2.44. The van der Waals surface area contributed by atoms with Crippen LogP contribution < -0.4 is 5.32 Å². The van der Waals surface area contributed by atoms with Gasteiger partial charge in [-0.3, -0.25) is 0 Å². The second-order valence-corrected chi connectivity index (χ2v) is 3.14. The zero-order valence-corrected chi connectivity index (χ0v) is 8.36. The molecule has 14 heavy (non-hydrogen) atoms. The fraction of sp³-hybridized carbons (Fsp3) is 0.111. The van der Waals surface area contributed by atoms with E-state index in [-0.39, 0.29) is 0 Å². The van der Waals surface area contributed by atoms with Gasteiger partial charge in [0.15, 0.2) is 5.82 Å². The molecule has 0 aliphatic heterocycles. The molecule has 0 saturated carbocycles. The summed E-state index contributed by atoms with van der Waals surface area (Å²) in [5.74, 6) is 0.635. The topological polar surface area (TPSA) is 42.7 Å². The van der Waals surface area contributed by atoms with Crippen LogP contribution in [0.2, 0.25) is 5.02 Å². The van der Waals surface area contributed by atoms with Crippen LogP contribution in [0.1, 0.15) is 0 Å². The summed E-state index contributed by atoms with van der Waals surface area (Å²) in [6, 6.07) is 3.57. The summed E-state index contributed by atoms with van der Waals surface area (Å²) in [4.78, 5) is 4.14. The SMILES string of the molecule is CNc1cnn(-c2ncccc2Cl)c1. The minimum atomic E-state index is 0.582. The van der Waals surface area contributed by atoms with E-state index in [0.29, 0.717) is 10.8 Å². The minimum absolute atomic E-state index is 0.582. The highest BCUT2D eigenvalue weighted by Gasteiger charge is 2.04. The molecule has 0 aliphatic carbocycles. The predicted molar refractivity (Wildman–Crippen MR) is 55.9 cm³/mol. The van der Waals surface area contributed by atoms with Crippen molar-refractivity contribution in [3.05, 3.63) is 35.7 Å². The molecule has 72 valence electrons. The van der Waals surface area contributed by atoms with Crippen LogP contribution in [-0.4, -0.2) is 21.8 Å². The van der Waals surface area contributed by atoms with Crippen LogP contribution in [0.4, 0.5) is 5.69 Å². The van der Waals surface area contributed by atoms with E-state index in [1.54, 1.807) is 29.2 Å². The first kappa shape index (κ1) is 9.02. The number of nitrogens with one attached hydrogen (secondary N) is 1. The van der Waals surface area contributed by atoms with Gasteiger partial charge in [0, 0.05) is 13.2 Å². The van der Waals surface area contributed by atoms with Crippen molar-refractivity contribution in [3.63, 3.8) is 0 Å². The largest absolute Gasteiger partial charge is 0.386 e. The first-order valence-corrected chi connectivity index (χ1v) is 4.52. The van der Waals surface area contributed by atoms with Gasteiger partial charge < -0.3 is 5.32 Å². The summed E-state index contributed by atoms with van der Waals surface area (Å²) >= 11 is 5.97. The van der Waals surface area contributed by atoms with Crippen LogP contribution in [0.15, 0.2) is 30.7 Å². The standard InChI is InChI=1S/C9H9ClN4/c1-11-7-5-13-14(6-7)9-8(10)3-2-4-12-9/h2-6,11H,1H3. The average Bonchev–Trinajstić information content (AvgIpc) is 2.67. The molecule has 0 bridgehead atoms. The smallest absolute Gasteiger partial charge is 0.172 e. The Bertz CT molecular complexity index is 438. The zero-order valence-electron chi connectivity index (χ0n) is 7.61. The van der Waals surface area contributed by atoms with Crippen molar-refractivity contribution in [2.75, 3.05) is 12.4 Å². The number of halogens is 1. The molecule has 0 aromatic carbocycles. The molecule has 1 N–H and O–H groups in total. The second kappa shape index (κ2) is 3.67. The number of rotatable bonds is 2. The molecule has 4 nitrogen and oxygen atoms in total. The van der Waals surface area contributed by atoms with E-state index in [2.05, 4.69) is 15.4 Å². The van der Waals surface area contributed by atoms with Gasteiger partial charge in [0.1, 0.15) is 0 Å². The van der Waals surface area contributed by atoms with E-state index in [4.69, 9.17) is 11.6 Å². The Labute approximate surface area is 86.5 Å². The summed E-state index contributed by atoms with van der Waals surface area (Å²) in [5.41, 5.74) is 0.923. The van der Waals surface area contributed by atoms with Crippen LogP contribution in [0.5, 0.6) is 0 Å². The van der Waals surface area contributed by atoms with Gasteiger partial charge in [0.25, 0.3) is 0 Å².